The number of ether oxygens (including phenoxy) is 1. The monoisotopic (exact) mass is 559 g/mol. The maximum atomic E-state index is 14.3. The third-order valence-corrected chi connectivity index (χ3v) is 9.97. The molecule has 3 aliphatic carbocycles. The van der Waals surface area contributed by atoms with Crippen molar-refractivity contribution in [3.05, 3.63) is 62.8 Å². The van der Waals surface area contributed by atoms with Gasteiger partial charge in [-0.05, 0) is 62.5 Å². The zero-order valence-corrected chi connectivity index (χ0v) is 22.1. The Kier molecular flexibility index (Phi) is 5.82. The molecule has 3 fully saturated rings. The predicted molar refractivity (Wildman–Crippen MR) is 139 cm³/mol. The minimum absolute atomic E-state index is 0.00816. The van der Waals surface area contributed by atoms with Gasteiger partial charge >= 0.3 is 0 Å². The normalized spacial score (nSPS) is 27.3. The summed E-state index contributed by atoms with van der Waals surface area (Å²) in [5, 5.41) is 17.7. The van der Waals surface area contributed by atoms with Crippen molar-refractivity contribution in [2.24, 2.45) is 11.8 Å². The van der Waals surface area contributed by atoms with Gasteiger partial charge in [0.1, 0.15) is 33.4 Å². The van der Waals surface area contributed by atoms with Crippen LogP contribution in [-0.2, 0) is 16.9 Å². The van der Waals surface area contributed by atoms with E-state index in [4.69, 9.17) is 32.5 Å². The molecule has 2 unspecified atom stereocenters. The Morgan fingerprint density at radius 1 is 1.11 bits per heavy atom. The summed E-state index contributed by atoms with van der Waals surface area (Å²) in [6.45, 7) is 0.328. The number of fused-ring (bicyclic) bond motifs is 3. The third kappa shape index (κ3) is 3.91. The molecule has 0 saturated heterocycles. The standard InChI is InChI=1S/C27H24Cl2FN3O3S/c28-18-10-31-11-19(29)22(18)23-17(25(36-33-23)13-4-5-13)12-35-16-8-14-6-7-15(9-16)27(14,34)26-32-24-20(30)2-1-3-21(24)37-26/h1-3,10-11,13-16,34H,4-9,12H2/t14-,15+,16?,27?. The Labute approximate surface area is 226 Å². The van der Waals surface area contributed by atoms with Crippen molar-refractivity contribution < 1.29 is 18.8 Å². The predicted octanol–water partition coefficient (Wildman–Crippen LogP) is 7.26. The average Bonchev–Trinajstić information content (AvgIpc) is 3.45. The highest BCUT2D eigenvalue weighted by molar-refractivity contribution is 7.18. The summed E-state index contributed by atoms with van der Waals surface area (Å²) in [4.78, 5) is 8.61. The highest BCUT2D eigenvalue weighted by Gasteiger charge is 2.56. The molecule has 1 N–H and O–H groups in total. The van der Waals surface area contributed by atoms with Crippen LogP contribution in [0, 0.1) is 17.7 Å². The molecule has 3 saturated carbocycles. The lowest BCUT2D eigenvalue weighted by Crippen LogP contribution is -2.44. The molecule has 10 heteroatoms. The number of halogens is 3. The summed E-state index contributed by atoms with van der Waals surface area (Å²) in [5.74, 6) is 0.845. The van der Waals surface area contributed by atoms with E-state index in [1.807, 2.05) is 6.07 Å². The topological polar surface area (TPSA) is 81.3 Å². The van der Waals surface area contributed by atoms with Crippen LogP contribution in [0.3, 0.4) is 0 Å². The number of benzene rings is 1. The first kappa shape index (κ1) is 24.0. The van der Waals surface area contributed by atoms with Crippen molar-refractivity contribution in [3.63, 3.8) is 0 Å². The molecule has 4 atom stereocenters. The van der Waals surface area contributed by atoms with Gasteiger partial charge in [0.25, 0.3) is 0 Å². The van der Waals surface area contributed by atoms with Gasteiger partial charge < -0.3 is 14.4 Å². The first-order valence-electron chi connectivity index (χ1n) is 12.6. The Balaban J connectivity index is 1.14. The number of pyridine rings is 1. The number of para-hydroxylation sites is 1. The van der Waals surface area contributed by atoms with E-state index in [-0.39, 0.29) is 23.8 Å². The van der Waals surface area contributed by atoms with Crippen molar-refractivity contribution in [2.45, 2.75) is 62.8 Å². The second kappa shape index (κ2) is 8.99. The SMILES string of the molecule is OC1(c2nc3c(F)cccc3s2)[C@@H]2CC[C@H]1CC(OCc1c(-c3c(Cl)cncc3Cl)noc1C1CC1)C2. The second-order valence-electron chi connectivity index (χ2n) is 10.4. The number of nitrogens with zero attached hydrogens (tertiary/aromatic N) is 3. The van der Waals surface area contributed by atoms with Crippen LogP contribution in [0.1, 0.15) is 60.8 Å². The number of rotatable bonds is 6. The minimum Gasteiger partial charge on any atom is -0.382 e. The summed E-state index contributed by atoms with van der Waals surface area (Å²) in [6.07, 6.45) is 8.40. The highest BCUT2D eigenvalue weighted by atomic mass is 35.5. The quantitative estimate of drug-likeness (QED) is 0.267. The van der Waals surface area contributed by atoms with Crippen LogP contribution in [-0.4, -0.2) is 26.3 Å². The second-order valence-corrected chi connectivity index (χ2v) is 12.3. The van der Waals surface area contributed by atoms with Gasteiger partial charge in [-0.3, -0.25) is 4.98 Å². The van der Waals surface area contributed by atoms with Crippen LogP contribution in [0.5, 0.6) is 0 Å². The van der Waals surface area contributed by atoms with E-state index in [1.165, 1.54) is 17.4 Å². The van der Waals surface area contributed by atoms with Gasteiger partial charge in [0, 0.05) is 29.4 Å². The lowest BCUT2D eigenvalue weighted by molar-refractivity contribution is -0.116. The molecule has 2 bridgehead atoms. The van der Waals surface area contributed by atoms with Crippen LogP contribution in [0.4, 0.5) is 4.39 Å². The fraction of sp³-hybridized carbons (Fsp3) is 0.444. The highest BCUT2D eigenvalue weighted by Crippen LogP contribution is 2.57. The molecular formula is C27H24Cl2FN3O3S. The van der Waals surface area contributed by atoms with Gasteiger partial charge in [-0.1, -0.05) is 34.4 Å². The van der Waals surface area contributed by atoms with E-state index >= 15 is 0 Å². The number of hydrogen-bond acceptors (Lipinski definition) is 7. The lowest BCUT2D eigenvalue weighted by atomic mass is 9.73. The molecule has 0 aliphatic heterocycles. The number of thiazole rings is 1. The van der Waals surface area contributed by atoms with Gasteiger partial charge in [-0.25, -0.2) is 9.37 Å². The lowest BCUT2D eigenvalue weighted by Gasteiger charge is -2.41. The number of aliphatic hydroxyl groups is 1. The van der Waals surface area contributed by atoms with Gasteiger partial charge in [0.05, 0.1) is 27.5 Å². The Morgan fingerprint density at radius 2 is 1.84 bits per heavy atom. The van der Waals surface area contributed by atoms with Crippen molar-refractivity contribution in [1.29, 1.82) is 0 Å². The maximum Gasteiger partial charge on any atom is 0.150 e. The summed E-state index contributed by atoms with van der Waals surface area (Å²) in [6, 6.07) is 4.95. The molecule has 0 spiro atoms. The molecule has 4 aromatic rings. The van der Waals surface area contributed by atoms with Crippen molar-refractivity contribution in [1.82, 2.24) is 15.1 Å². The molecule has 0 radical (unpaired) electrons. The van der Waals surface area contributed by atoms with E-state index < -0.39 is 5.60 Å². The summed E-state index contributed by atoms with van der Waals surface area (Å²) in [5.41, 5.74) is 1.39. The molecule has 7 rings (SSSR count). The zero-order valence-electron chi connectivity index (χ0n) is 19.8. The Bertz CT molecular complexity index is 1470. The molecule has 37 heavy (non-hydrogen) atoms. The van der Waals surface area contributed by atoms with Crippen LogP contribution in [0.15, 0.2) is 35.1 Å². The van der Waals surface area contributed by atoms with Gasteiger partial charge in [-0.15, -0.1) is 11.3 Å². The van der Waals surface area contributed by atoms with Crippen molar-refractivity contribution in [3.8, 4) is 11.3 Å². The fourth-order valence-electron chi connectivity index (χ4n) is 6.24. The minimum atomic E-state index is -1.05. The Morgan fingerprint density at radius 3 is 2.51 bits per heavy atom. The smallest absolute Gasteiger partial charge is 0.150 e. The van der Waals surface area contributed by atoms with Crippen LogP contribution in [0.2, 0.25) is 10.0 Å². The molecule has 0 amide bonds. The number of hydrogen-bond donors (Lipinski definition) is 1. The maximum absolute atomic E-state index is 14.3. The molecule has 1 aromatic carbocycles. The number of aromatic nitrogens is 3. The zero-order chi connectivity index (χ0) is 25.3. The van der Waals surface area contributed by atoms with Crippen LogP contribution >= 0.6 is 34.5 Å². The summed E-state index contributed by atoms with van der Waals surface area (Å²) < 4.78 is 27.3. The molecule has 192 valence electrons. The van der Waals surface area contributed by atoms with Crippen LogP contribution < -0.4 is 0 Å². The molecule has 6 nitrogen and oxygen atoms in total. The summed E-state index contributed by atoms with van der Waals surface area (Å²) in [7, 11) is 0. The van der Waals surface area contributed by atoms with E-state index in [1.54, 1.807) is 18.5 Å². The fourth-order valence-corrected chi connectivity index (χ4v) is 8.01. The van der Waals surface area contributed by atoms with Crippen LogP contribution in [0.25, 0.3) is 21.5 Å². The molecular weight excluding hydrogens is 536 g/mol. The van der Waals surface area contributed by atoms with E-state index in [2.05, 4.69) is 15.1 Å². The van der Waals surface area contributed by atoms with E-state index in [0.29, 0.717) is 57.2 Å². The van der Waals surface area contributed by atoms with Crippen molar-refractivity contribution >= 4 is 44.8 Å². The van der Waals surface area contributed by atoms with Gasteiger partial charge in [0.15, 0.2) is 0 Å². The molecule has 3 heterocycles. The van der Waals surface area contributed by atoms with E-state index in [9.17, 15) is 9.50 Å². The third-order valence-electron chi connectivity index (χ3n) is 8.24. The van der Waals surface area contributed by atoms with Gasteiger partial charge in [-0.2, -0.15) is 0 Å². The first-order valence-corrected chi connectivity index (χ1v) is 14.2. The molecule has 3 aromatic heterocycles. The first-order chi connectivity index (χ1) is 17.9. The summed E-state index contributed by atoms with van der Waals surface area (Å²) >= 11 is 14.3. The molecule has 3 aliphatic rings. The van der Waals surface area contributed by atoms with Gasteiger partial charge in [0.2, 0.25) is 0 Å². The van der Waals surface area contributed by atoms with E-state index in [0.717, 1.165) is 41.7 Å². The van der Waals surface area contributed by atoms with Crippen molar-refractivity contribution in [2.75, 3.05) is 0 Å². The average molecular weight is 560 g/mol. The largest absolute Gasteiger partial charge is 0.382 e. The Hall–Kier alpha value is -2.10.